The average molecular weight is 392 g/mol. The predicted molar refractivity (Wildman–Crippen MR) is 97.8 cm³/mol. The number of carbonyl (C=O) groups excluding carboxylic acids is 1. The molecule has 0 unspecified atom stereocenters. The van der Waals surface area contributed by atoms with Crippen LogP contribution in [0.3, 0.4) is 0 Å². The minimum Gasteiger partial charge on any atom is -0.361 e. The van der Waals surface area contributed by atoms with Gasteiger partial charge in [-0.15, -0.1) is 0 Å². The van der Waals surface area contributed by atoms with Crippen molar-refractivity contribution in [2.24, 2.45) is 0 Å². The molecule has 1 amide bonds. The summed E-state index contributed by atoms with van der Waals surface area (Å²) in [5.74, 6) is -0.357. The van der Waals surface area contributed by atoms with Crippen molar-refractivity contribution in [3.05, 3.63) is 64.7 Å². The molecule has 0 heterocycles. The zero-order valence-electron chi connectivity index (χ0n) is 12.1. The lowest BCUT2D eigenvalue weighted by molar-refractivity contribution is 0.0941. The summed E-state index contributed by atoms with van der Waals surface area (Å²) in [6.45, 7) is 1.89. The molecule has 0 spiro atoms. The third kappa shape index (κ3) is 5.18. The number of anilines is 1. The fourth-order valence-electron chi connectivity index (χ4n) is 1.93. The Kier molecular flexibility index (Phi) is 6.04. The van der Waals surface area contributed by atoms with Crippen molar-refractivity contribution in [3.8, 4) is 0 Å². The standard InChI is InChI=1S/C16H14Cl4N2O/c1-10-5-4-6-11(9-10)14(23)22-15(16(18,19)20)21-13-8-3-2-7-12(13)17/h2-9,15,21H,1H3,(H,22,23)/t15-/m0/s1. The maximum absolute atomic E-state index is 12.4. The molecule has 0 aliphatic heterocycles. The highest BCUT2D eigenvalue weighted by atomic mass is 35.6. The van der Waals surface area contributed by atoms with E-state index in [-0.39, 0.29) is 5.91 Å². The van der Waals surface area contributed by atoms with Crippen molar-refractivity contribution < 1.29 is 4.79 Å². The number of hydrogen-bond acceptors (Lipinski definition) is 2. The minimum absolute atomic E-state index is 0.357. The summed E-state index contributed by atoms with van der Waals surface area (Å²) < 4.78 is -1.77. The second-order valence-corrected chi connectivity index (χ2v) is 7.72. The van der Waals surface area contributed by atoms with Crippen molar-refractivity contribution >= 4 is 58.0 Å². The van der Waals surface area contributed by atoms with E-state index in [1.807, 2.05) is 13.0 Å². The monoisotopic (exact) mass is 390 g/mol. The number of nitrogens with one attached hydrogen (secondary N) is 2. The Hall–Kier alpha value is -1.13. The van der Waals surface area contributed by atoms with E-state index in [0.717, 1.165) is 5.56 Å². The van der Waals surface area contributed by atoms with Crippen LogP contribution in [0.15, 0.2) is 48.5 Å². The SMILES string of the molecule is Cc1cccc(C(=O)N[C@H](Nc2ccccc2Cl)C(Cl)(Cl)Cl)c1. The Bertz CT molecular complexity index is 700. The van der Waals surface area contributed by atoms with Gasteiger partial charge in [0.1, 0.15) is 6.17 Å². The fraction of sp³-hybridized carbons (Fsp3) is 0.188. The number of para-hydroxylation sites is 1. The highest BCUT2D eigenvalue weighted by molar-refractivity contribution is 6.68. The molecule has 2 aromatic carbocycles. The zero-order valence-corrected chi connectivity index (χ0v) is 15.1. The molecule has 3 nitrogen and oxygen atoms in total. The smallest absolute Gasteiger partial charge is 0.252 e. The van der Waals surface area contributed by atoms with Gasteiger partial charge in [-0.25, -0.2) is 0 Å². The maximum atomic E-state index is 12.4. The van der Waals surface area contributed by atoms with Crippen LogP contribution < -0.4 is 10.6 Å². The topological polar surface area (TPSA) is 41.1 Å². The summed E-state index contributed by atoms with van der Waals surface area (Å²) in [6, 6.07) is 14.1. The van der Waals surface area contributed by atoms with E-state index in [1.54, 1.807) is 42.5 Å². The molecule has 122 valence electrons. The van der Waals surface area contributed by atoms with Crippen LogP contribution in [-0.2, 0) is 0 Å². The molecule has 7 heteroatoms. The van der Waals surface area contributed by atoms with Crippen LogP contribution in [-0.4, -0.2) is 15.9 Å². The first-order valence-corrected chi connectivity index (χ1v) is 8.24. The molecule has 0 aliphatic carbocycles. The molecular weight excluding hydrogens is 378 g/mol. The van der Waals surface area contributed by atoms with Gasteiger partial charge in [-0.05, 0) is 31.2 Å². The summed E-state index contributed by atoms with van der Waals surface area (Å²) in [4.78, 5) is 12.4. The third-order valence-corrected chi connectivity index (χ3v) is 4.04. The van der Waals surface area contributed by atoms with Gasteiger partial charge in [0.25, 0.3) is 5.91 Å². The Morgan fingerprint density at radius 2 is 1.78 bits per heavy atom. The molecule has 23 heavy (non-hydrogen) atoms. The van der Waals surface area contributed by atoms with Crippen molar-refractivity contribution in [2.45, 2.75) is 16.9 Å². The summed E-state index contributed by atoms with van der Waals surface area (Å²) in [6.07, 6.45) is -0.958. The number of alkyl halides is 3. The van der Waals surface area contributed by atoms with Gasteiger partial charge in [-0.2, -0.15) is 0 Å². The summed E-state index contributed by atoms with van der Waals surface area (Å²) >= 11 is 24.0. The van der Waals surface area contributed by atoms with Gasteiger partial charge in [0.2, 0.25) is 3.79 Å². The second kappa shape index (κ2) is 7.63. The Labute approximate surface area is 154 Å². The molecule has 0 fully saturated rings. The van der Waals surface area contributed by atoms with Crippen LogP contribution in [0.2, 0.25) is 5.02 Å². The van der Waals surface area contributed by atoms with Crippen LogP contribution >= 0.6 is 46.4 Å². The normalized spacial score (nSPS) is 12.6. The molecule has 0 saturated carbocycles. The first-order chi connectivity index (χ1) is 10.8. The van der Waals surface area contributed by atoms with Gasteiger partial charge in [0, 0.05) is 5.56 Å². The zero-order chi connectivity index (χ0) is 17.0. The lowest BCUT2D eigenvalue weighted by atomic mass is 10.1. The number of aryl methyl sites for hydroxylation is 1. The molecule has 0 aromatic heterocycles. The average Bonchev–Trinajstić information content (AvgIpc) is 2.47. The summed E-state index contributed by atoms with van der Waals surface area (Å²) in [7, 11) is 0. The molecule has 0 aliphatic rings. The largest absolute Gasteiger partial charge is 0.361 e. The lowest BCUT2D eigenvalue weighted by Crippen LogP contribution is -2.49. The van der Waals surface area contributed by atoms with Gasteiger partial charge in [-0.1, -0.05) is 76.2 Å². The number of rotatable bonds is 4. The van der Waals surface area contributed by atoms with Gasteiger partial charge in [0.05, 0.1) is 10.7 Å². The summed E-state index contributed by atoms with van der Waals surface area (Å²) in [5.41, 5.74) is 1.99. The van der Waals surface area contributed by atoms with E-state index in [9.17, 15) is 4.79 Å². The van der Waals surface area contributed by atoms with Gasteiger partial charge >= 0.3 is 0 Å². The van der Waals surface area contributed by atoms with Crippen molar-refractivity contribution in [1.82, 2.24) is 5.32 Å². The minimum atomic E-state index is -1.77. The molecule has 2 aromatic rings. The van der Waals surface area contributed by atoms with E-state index in [1.165, 1.54) is 0 Å². The predicted octanol–water partition coefficient (Wildman–Crippen LogP) is 5.19. The first kappa shape index (κ1) is 18.2. The molecule has 1 atom stereocenters. The van der Waals surface area contributed by atoms with E-state index in [2.05, 4.69) is 10.6 Å². The van der Waals surface area contributed by atoms with Crippen LogP contribution in [0.5, 0.6) is 0 Å². The summed E-state index contributed by atoms with van der Waals surface area (Å²) in [5, 5.41) is 6.07. The van der Waals surface area contributed by atoms with E-state index >= 15 is 0 Å². The van der Waals surface area contributed by atoms with Crippen molar-refractivity contribution in [3.63, 3.8) is 0 Å². The molecule has 2 rings (SSSR count). The number of hydrogen-bond donors (Lipinski definition) is 2. The number of carbonyl (C=O) groups is 1. The number of benzene rings is 2. The van der Waals surface area contributed by atoms with Gasteiger partial charge < -0.3 is 10.6 Å². The van der Waals surface area contributed by atoms with Crippen molar-refractivity contribution in [2.75, 3.05) is 5.32 Å². The first-order valence-electron chi connectivity index (χ1n) is 6.72. The second-order valence-electron chi connectivity index (χ2n) is 4.94. The van der Waals surface area contributed by atoms with E-state index < -0.39 is 9.96 Å². The maximum Gasteiger partial charge on any atom is 0.252 e. The Morgan fingerprint density at radius 3 is 2.39 bits per heavy atom. The van der Waals surface area contributed by atoms with Crippen LogP contribution in [0.25, 0.3) is 0 Å². The quantitative estimate of drug-likeness (QED) is 0.556. The molecule has 0 radical (unpaired) electrons. The molecule has 2 N–H and O–H groups in total. The van der Waals surface area contributed by atoms with E-state index in [0.29, 0.717) is 16.3 Å². The fourth-order valence-corrected chi connectivity index (χ4v) is 2.45. The van der Waals surface area contributed by atoms with Gasteiger partial charge in [0.15, 0.2) is 0 Å². The van der Waals surface area contributed by atoms with E-state index in [4.69, 9.17) is 46.4 Å². The Morgan fingerprint density at radius 1 is 1.09 bits per heavy atom. The third-order valence-electron chi connectivity index (χ3n) is 3.06. The molecule has 0 saturated heterocycles. The number of amides is 1. The molecular formula is C16H14Cl4N2O. The van der Waals surface area contributed by atoms with Gasteiger partial charge in [-0.3, -0.25) is 4.79 Å². The van der Waals surface area contributed by atoms with Crippen molar-refractivity contribution in [1.29, 1.82) is 0 Å². The number of halogens is 4. The lowest BCUT2D eigenvalue weighted by Gasteiger charge is -2.27. The Balaban J connectivity index is 2.20. The highest BCUT2D eigenvalue weighted by Gasteiger charge is 2.34. The highest BCUT2D eigenvalue weighted by Crippen LogP contribution is 2.32. The molecule has 0 bridgehead atoms. The van der Waals surface area contributed by atoms with Crippen LogP contribution in [0.4, 0.5) is 5.69 Å². The van der Waals surface area contributed by atoms with Crippen LogP contribution in [0.1, 0.15) is 15.9 Å². The van der Waals surface area contributed by atoms with Crippen LogP contribution in [0, 0.1) is 6.92 Å².